The summed E-state index contributed by atoms with van der Waals surface area (Å²) in [6.45, 7) is 1.07. The summed E-state index contributed by atoms with van der Waals surface area (Å²) in [6.07, 6.45) is 0. The summed E-state index contributed by atoms with van der Waals surface area (Å²) in [6, 6.07) is 0.375. The lowest BCUT2D eigenvalue weighted by atomic mass is 9.99. The van der Waals surface area contributed by atoms with E-state index >= 15 is 0 Å². The van der Waals surface area contributed by atoms with E-state index in [0.29, 0.717) is 25.8 Å². The Hall–Kier alpha value is -1.63. The zero-order valence-electron chi connectivity index (χ0n) is 10.1. The predicted molar refractivity (Wildman–Crippen MR) is 57.5 cm³/mol. The van der Waals surface area contributed by atoms with Crippen LogP contribution in [-0.4, -0.2) is 37.6 Å². The van der Waals surface area contributed by atoms with Crippen molar-refractivity contribution in [2.24, 2.45) is 5.92 Å². The van der Waals surface area contributed by atoms with Crippen LogP contribution in [0.3, 0.4) is 0 Å². The summed E-state index contributed by atoms with van der Waals surface area (Å²) in [4.78, 5) is 13.0. The SMILES string of the molecule is COCC1CN(C(=O)c2cc(F)c(F)c(F)c2F)C1. The van der Waals surface area contributed by atoms with Crippen molar-refractivity contribution in [2.45, 2.75) is 0 Å². The molecular formula is C12H11F4NO2. The predicted octanol–water partition coefficient (Wildman–Crippen LogP) is 1.96. The number of hydrogen-bond donors (Lipinski definition) is 0. The maximum absolute atomic E-state index is 13.4. The van der Waals surface area contributed by atoms with Gasteiger partial charge in [-0.1, -0.05) is 0 Å². The maximum atomic E-state index is 13.4. The quantitative estimate of drug-likeness (QED) is 0.480. The molecule has 7 heteroatoms. The molecule has 0 saturated carbocycles. The Morgan fingerprint density at radius 3 is 2.47 bits per heavy atom. The normalized spacial score (nSPS) is 15.5. The van der Waals surface area contributed by atoms with Crippen LogP contribution in [0.5, 0.6) is 0 Å². The second kappa shape index (κ2) is 5.16. The third-order valence-corrected chi connectivity index (χ3v) is 2.98. The fourth-order valence-corrected chi connectivity index (χ4v) is 1.98. The number of nitrogens with zero attached hydrogens (tertiary/aromatic N) is 1. The van der Waals surface area contributed by atoms with Gasteiger partial charge in [-0.05, 0) is 6.07 Å². The van der Waals surface area contributed by atoms with Gasteiger partial charge in [0.25, 0.3) is 5.91 Å². The number of methoxy groups -OCH3 is 1. The largest absolute Gasteiger partial charge is 0.384 e. The molecule has 1 aromatic rings. The molecule has 0 aromatic heterocycles. The molecule has 1 fully saturated rings. The second-order valence-electron chi connectivity index (χ2n) is 4.38. The Morgan fingerprint density at radius 1 is 1.26 bits per heavy atom. The van der Waals surface area contributed by atoms with E-state index in [1.807, 2.05) is 0 Å². The summed E-state index contributed by atoms with van der Waals surface area (Å²) in [5.41, 5.74) is -0.799. The third kappa shape index (κ3) is 2.42. The van der Waals surface area contributed by atoms with Gasteiger partial charge in [-0.2, -0.15) is 0 Å². The Balaban J connectivity index is 2.17. The molecule has 2 rings (SSSR count). The van der Waals surface area contributed by atoms with Crippen LogP contribution in [0, 0.1) is 29.2 Å². The molecule has 1 aliphatic heterocycles. The number of ether oxygens (including phenoxy) is 1. The first-order valence-electron chi connectivity index (χ1n) is 5.57. The van der Waals surface area contributed by atoms with Gasteiger partial charge in [0.15, 0.2) is 23.3 Å². The van der Waals surface area contributed by atoms with E-state index in [1.54, 1.807) is 0 Å². The number of likely N-dealkylation sites (tertiary alicyclic amines) is 1. The van der Waals surface area contributed by atoms with Crippen molar-refractivity contribution in [2.75, 3.05) is 26.8 Å². The van der Waals surface area contributed by atoms with E-state index in [9.17, 15) is 22.4 Å². The summed E-state index contributed by atoms with van der Waals surface area (Å²) in [5.74, 6) is -7.89. The average Bonchev–Trinajstić information content (AvgIpc) is 2.34. The number of carbonyl (C=O) groups is 1. The van der Waals surface area contributed by atoms with Gasteiger partial charge in [0.05, 0.1) is 12.2 Å². The van der Waals surface area contributed by atoms with E-state index in [4.69, 9.17) is 4.74 Å². The van der Waals surface area contributed by atoms with Crippen LogP contribution < -0.4 is 0 Å². The molecule has 1 aliphatic rings. The molecule has 0 spiro atoms. The van der Waals surface area contributed by atoms with Crippen LogP contribution in [0.15, 0.2) is 6.07 Å². The standard InChI is InChI=1S/C12H11F4NO2/c1-19-5-6-3-17(4-6)12(18)7-2-8(13)10(15)11(16)9(7)14/h2,6H,3-5H2,1H3. The van der Waals surface area contributed by atoms with Crippen molar-refractivity contribution >= 4 is 5.91 Å². The fourth-order valence-electron chi connectivity index (χ4n) is 1.98. The molecule has 0 bridgehead atoms. The average molecular weight is 277 g/mol. The Kier molecular flexibility index (Phi) is 3.75. The van der Waals surface area contributed by atoms with Crippen molar-refractivity contribution in [3.8, 4) is 0 Å². The van der Waals surface area contributed by atoms with E-state index in [0.717, 1.165) is 0 Å². The minimum atomic E-state index is -1.97. The highest BCUT2D eigenvalue weighted by molar-refractivity contribution is 5.95. The van der Waals surface area contributed by atoms with Crippen LogP contribution in [0.25, 0.3) is 0 Å². The molecule has 1 saturated heterocycles. The second-order valence-corrected chi connectivity index (χ2v) is 4.38. The van der Waals surface area contributed by atoms with Crippen molar-refractivity contribution in [1.29, 1.82) is 0 Å². The first kappa shape index (κ1) is 13.8. The van der Waals surface area contributed by atoms with Crippen LogP contribution >= 0.6 is 0 Å². The minimum absolute atomic E-state index is 0.118. The zero-order valence-corrected chi connectivity index (χ0v) is 10.1. The number of carbonyl (C=O) groups excluding carboxylic acids is 1. The first-order valence-corrected chi connectivity index (χ1v) is 5.57. The van der Waals surface area contributed by atoms with Crippen LogP contribution in [-0.2, 0) is 4.74 Å². The van der Waals surface area contributed by atoms with Gasteiger partial charge >= 0.3 is 0 Å². The van der Waals surface area contributed by atoms with Crippen molar-refractivity contribution in [3.63, 3.8) is 0 Å². The van der Waals surface area contributed by atoms with Crippen LogP contribution in [0.2, 0.25) is 0 Å². The molecular weight excluding hydrogens is 266 g/mol. The van der Waals surface area contributed by atoms with Gasteiger partial charge in [-0.3, -0.25) is 4.79 Å². The molecule has 104 valence electrons. The van der Waals surface area contributed by atoms with Crippen LogP contribution in [0.4, 0.5) is 17.6 Å². The van der Waals surface area contributed by atoms with Crippen molar-refractivity contribution in [3.05, 3.63) is 34.9 Å². The summed E-state index contributed by atoms with van der Waals surface area (Å²) in [7, 11) is 1.51. The highest BCUT2D eigenvalue weighted by Gasteiger charge is 2.34. The number of amides is 1. The molecule has 1 amide bonds. The molecule has 3 nitrogen and oxygen atoms in total. The number of halogens is 4. The lowest BCUT2D eigenvalue weighted by Gasteiger charge is -2.38. The van der Waals surface area contributed by atoms with E-state index in [2.05, 4.69) is 0 Å². The van der Waals surface area contributed by atoms with Gasteiger partial charge in [0, 0.05) is 26.1 Å². The smallest absolute Gasteiger partial charge is 0.257 e. The summed E-state index contributed by atoms with van der Waals surface area (Å²) >= 11 is 0. The molecule has 0 atom stereocenters. The van der Waals surface area contributed by atoms with Gasteiger partial charge in [0.2, 0.25) is 0 Å². The number of hydrogen-bond acceptors (Lipinski definition) is 2. The van der Waals surface area contributed by atoms with E-state index in [-0.39, 0.29) is 5.92 Å². The summed E-state index contributed by atoms with van der Waals surface area (Å²) < 4.78 is 57.0. The van der Waals surface area contributed by atoms with Gasteiger partial charge in [-0.25, -0.2) is 17.6 Å². The molecule has 0 unspecified atom stereocenters. The molecule has 0 aliphatic carbocycles. The third-order valence-electron chi connectivity index (χ3n) is 2.98. The molecule has 19 heavy (non-hydrogen) atoms. The highest BCUT2D eigenvalue weighted by Crippen LogP contribution is 2.23. The Labute approximate surface area is 106 Å². The maximum Gasteiger partial charge on any atom is 0.257 e. The van der Waals surface area contributed by atoms with E-state index in [1.165, 1.54) is 12.0 Å². The lowest BCUT2D eigenvalue weighted by molar-refractivity contribution is 0.0265. The summed E-state index contributed by atoms with van der Waals surface area (Å²) in [5, 5.41) is 0. The first-order chi connectivity index (χ1) is 8.95. The topological polar surface area (TPSA) is 29.5 Å². The monoisotopic (exact) mass is 277 g/mol. The fraction of sp³-hybridized carbons (Fsp3) is 0.417. The highest BCUT2D eigenvalue weighted by atomic mass is 19.2. The number of rotatable bonds is 3. The van der Waals surface area contributed by atoms with Gasteiger partial charge in [0.1, 0.15) is 0 Å². The van der Waals surface area contributed by atoms with Crippen molar-refractivity contribution in [1.82, 2.24) is 4.90 Å². The Morgan fingerprint density at radius 2 is 1.89 bits per heavy atom. The number of benzene rings is 1. The van der Waals surface area contributed by atoms with E-state index < -0.39 is 34.7 Å². The minimum Gasteiger partial charge on any atom is -0.384 e. The molecule has 0 radical (unpaired) electrons. The molecule has 0 N–H and O–H groups in total. The van der Waals surface area contributed by atoms with Gasteiger partial charge in [-0.15, -0.1) is 0 Å². The zero-order chi connectivity index (χ0) is 14.2. The Bertz CT molecular complexity index is 515. The molecule has 1 aromatic carbocycles. The van der Waals surface area contributed by atoms with Gasteiger partial charge < -0.3 is 9.64 Å². The van der Waals surface area contributed by atoms with Crippen LogP contribution in [0.1, 0.15) is 10.4 Å². The molecule has 1 heterocycles. The lowest BCUT2D eigenvalue weighted by Crippen LogP contribution is -2.51. The van der Waals surface area contributed by atoms with Crippen molar-refractivity contribution < 1.29 is 27.1 Å².